The Kier molecular flexibility index (Phi) is 7.88. The van der Waals surface area contributed by atoms with Crippen molar-refractivity contribution in [2.24, 2.45) is 11.8 Å². The molecule has 0 radical (unpaired) electrons. The molecule has 4 aliphatic rings. The van der Waals surface area contributed by atoms with Gasteiger partial charge in [-0.3, -0.25) is 14.4 Å². The number of aliphatic hydroxyl groups is 1. The minimum Gasteiger partial charge on any atom is -0.494 e. The third-order valence-electron chi connectivity index (χ3n) is 9.53. The molecule has 0 bridgehead atoms. The number of hydrogen-bond acceptors (Lipinski definition) is 6. The number of rotatable bonds is 8. The van der Waals surface area contributed by atoms with Crippen LogP contribution in [0.3, 0.4) is 0 Å². The summed E-state index contributed by atoms with van der Waals surface area (Å²) in [5.74, 6) is -1.75. The number of hydrogen-bond donors (Lipinski definition) is 1. The van der Waals surface area contributed by atoms with Crippen molar-refractivity contribution in [3.8, 4) is 5.75 Å². The first-order chi connectivity index (χ1) is 21.2. The normalized spacial score (nSPS) is 29.4. The van der Waals surface area contributed by atoms with Crippen molar-refractivity contribution in [3.63, 3.8) is 0 Å². The fraction of sp³-hybridized carbons (Fsp3) is 0.457. The zero-order chi connectivity index (χ0) is 31.2. The predicted octanol–water partition coefficient (Wildman–Crippen LogP) is 3.95. The predicted molar refractivity (Wildman–Crippen MR) is 168 cm³/mol. The average Bonchev–Trinajstić information content (AvgIpc) is 3.26. The van der Waals surface area contributed by atoms with Crippen LogP contribution in [-0.2, 0) is 19.1 Å². The topological polar surface area (TPSA) is 99.6 Å². The molecular weight excluding hydrogens is 558 g/mol. The van der Waals surface area contributed by atoms with Gasteiger partial charge in [0.2, 0.25) is 11.8 Å². The summed E-state index contributed by atoms with van der Waals surface area (Å²) in [5.41, 5.74) is 1.00. The second kappa shape index (κ2) is 11.5. The molecule has 9 heteroatoms. The molecular formula is C35H41N3O6. The Balaban J connectivity index is 1.44. The van der Waals surface area contributed by atoms with Gasteiger partial charge in [-0.05, 0) is 75.9 Å². The lowest BCUT2D eigenvalue weighted by Gasteiger charge is -2.38. The second-order valence-corrected chi connectivity index (χ2v) is 12.3. The zero-order valence-corrected chi connectivity index (χ0v) is 25.9. The number of unbranched alkanes of at least 4 members (excludes halogenated alkanes) is 1. The summed E-state index contributed by atoms with van der Waals surface area (Å²) in [7, 11) is 0. The highest BCUT2D eigenvalue weighted by molar-refractivity contribution is 6.08. The number of carbonyl (C=O) groups is 3. The van der Waals surface area contributed by atoms with E-state index >= 15 is 0 Å². The first kappa shape index (κ1) is 30.1. The number of anilines is 2. The number of carbonyl (C=O) groups excluding carboxylic acids is 3. The van der Waals surface area contributed by atoms with Crippen LogP contribution in [0, 0.1) is 25.7 Å². The van der Waals surface area contributed by atoms with Crippen LogP contribution >= 0.6 is 0 Å². The van der Waals surface area contributed by atoms with Crippen LogP contribution in [-0.4, -0.2) is 77.8 Å². The fourth-order valence-electron chi connectivity index (χ4n) is 7.71. The van der Waals surface area contributed by atoms with Gasteiger partial charge in [0.25, 0.3) is 5.91 Å². The highest BCUT2D eigenvalue weighted by Gasteiger charge is 2.74. The van der Waals surface area contributed by atoms with Gasteiger partial charge in [-0.1, -0.05) is 42.5 Å². The number of aliphatic hydroxyl groups excluding tert-OH is 1. The zero-order valence-electron chi connectivity index (χ0n) is 25.9. The van der Waals surface area contributed by atoms with E-state index in [0.717, 1.165) is 16.8 Å². The van der Waals surface area contributed by atoms with E-state index in [4.69, 9.17) is 9.47 Å². The van der Waals surface area contributed by atoms with Crippen LogP contribution in [0.1, 0.15) is 37.8 Å². The molecule has 4 heterocycles. The van der Waals surface area contributed by atoms with E-state index in [1.54, 1.807) is 14.7 Å². The van der Waals surface area contributed by atoms with Gasteiger partial charge >= 0.3 is 0 Å². The molecule has 44 heavy (non-hydrogen) atoms. The van der Waals surface area contributed by atoms with Crippen molar-refractivity contribution in [2.75, 3.05) is 42.6 Å². The number of ether oxygens (including phenoxy) is 2. The number of nitrogens with zero attached hydrogens (tertiary/aromatic N) is 3. The summed E-state index contributed by atoms with van der Waals surface area (Å²) >= 11 is 0. The van der Waals surface area contributed by atoms with E-state index in [9.17, 15) is 19.5 Å². The maximum absolute atomic E-state index is 14.7. The highest BCUT2D eigenvalue weighted by Crippen LogP contribution is 2.58. The second-order valence-electron chi connectivity index (χ2n) is 12.3. The molecule has 5 atom stereocenters. The maximum Gasteiger partial charge on any atom is 0.253 e. The van der Waals surface area contributed by atoms with Crippen LogP contribution in [0.2, 0.25) is 0 Å². The molecule has 0 saturated carbocycles. The van der Waals surface area contributed by atoms with E-state index in [0.29, 0.717) is 44.0 Å². The maximum atomic E-state index is 14.7. The molecule has 1 spiro atoms. The Morgan fingerprint density at radius 1 is 0.886 bits per heavy atom. The fourth-order valence-corrected chi connectivity index (χ4v) is 7.71. The van der Waals surface area contributed by atoms with Crippen LogP contribution in [0.4, 0.5) is 11.4 Å². The Morgan fingerprint density at radius 2 is 1.57 bits per heavy atom. The van der Waals surface area contributed by atoms with Gasteiger partial charge in [0.05, 0.1) is 24.0 Å². The van der Waals surface area contributed by atoms with Crippen LogP contribution in [0.5, 0.6) is 5.75 Å². The largest absolute Gasteiger partial charge is 0.494 e. The highest BCUT2D eigenvalue weighted by atomic mass is 16.5. The van der Waals surface area contributed by atoms with E-state index < -0.39 is 29.1 Å². The van der Waals surface area contributed by atoms with Crippen molar-refractivity contribution in [3.05, 3.63) is 77.9 Å². The summed E-state index contributed by atoms with van der Waals surface area (Å²) in [6.07, 6.45) is 8.61. The lowest BCUT2D eigenvalue weighted by molar-refractivity contribution is -0.144. The molecule has 4 aliphatic heterocycles. The van der Waals surface area contributed by atoms with Crippen molar-refractivity contribution >= 4 is 29.1 Å². The van der Waals surface area contributed by atoms with Crippen molar-refractivity contribution in [1.29, 1.82) is 0 Å². The van der Waals surface area contributed by atoms with E-state index in [2.05, 4.69) is 0 Å². The summed E-state index contributed by atoms with van der Waals surface area (Å²) in [4.78, 5) is 48.9. The van der Waals surface area contributed by atoms with Gasteiger partial charge in [-0.2, -0.15) is 0 Å². The Labute approximate surface area is 258 Å². The molecule has 2 fully saturated rings. The quantitative estimate of drug-likeness (QED) is 0.365. The Bertz CT molecular complexity index is 1500. The molecule has 2 aromatic rings. The van der Waals surface area contributed by atoms with Gasteiger partial charge in [0, 0.05) is 37.6 Å². The smallest absolute Gasteiger partial charge is 0.253 e. The molecule has 0 aliphatic carbocycles. The van der Waals surface area contributed by atoms with Crippen LogP contribution in [0.15, 0.2) is 66.8 Å². The van der Waals surface area contributed by atoms with Gasteiger partial charge in [0.15, 0.2) is 0 Å². The standard InChI is InChI=1S/C35H41N3O6/c1-5-43-26-15-13-25(14-16-26)36-20-9-17-34(4)27(31(36)40)28-32(41)38(19-6-7-22-39)30-33(42)37(21-10-18-35(28,30)44-34)29-23(2)11-8-12-24(29)3/h8-18,27-28,30,39H,5-7,19-22H2,1-4H3/t27-,28-,30?,34+,35-/m0/s1. The van der Waals surface area contributed by atoms with Crippen LogP contribution < -0.4 is 14.5 Å². The molecule has 1 N–H and O–H groups in total. The van der Waals surface area contributed by atoms with Crippen molar-refractivity contribution in [2.45, 2.75) is 57.8 Å². The van der Waals surface area contributed by atoms with Crippen LogP contribution in [0.25, 0.3) is 0 Å². The minimum atomic E-state index is -1.33. The molecule has 232 valence electrons. The Hall–Kier alpha value is -3.95. The van der Waals surface area contributed by atoms with E-state index in [-0.39, 0.29) is 30.9 Å². The van der Waals surface area contributed by atoms with Gasteiger partial charge < -0.3 is 29.3 Å². The summed E-state index contributed by atoms with van der Waals surface area (Å²) in [6, 6.07) is 12.3. The molecule has 3 amide bonds. The summed E-state index contributed by atoms with van der Waals surface area (Å²) in [5, 5.41) is 9.51. The number of fused-ring (bicyclic) bond motifs is 2. The minimum absolute atomic E-state index is 0.0127. The van der Waals surface area contributed by atoms with Gasteiger partial charge in [-0.15, -0.1) is 0 Å². The summed E-state index contributed by atoms with van der Waals surface area (Å²) < 4.78 is 12.6. The first-order valence-corrected chi connectivity index (χ1v) is 15.6. The molecule has 1 unspecified atom stereocenters. The SMILES string of the molecule is CCOc1ccc(N2CC=C[C@@]3(C)O[C@]45C=CCN(c6c(C)cccc6C)C(=O)C4N(CCCCO)C(=O)[C@@H]5[C@H]3C2=O)cc1. The molecule has 2 saturated heterocycles. The van der Waals surface area contributed by atoms with Crippen molar-refractivity contribution < 1.29 is 29.0 Å². The Morgan fingerprint density at radius 3 is 2.25 bits per heavy atom. The van der Waals surface area contributed by atoms with Gasteiger partial charge in [0.1, 0.15) is 17.4 Å². The number of para-hydroxylation sites is 1. The number of aryl methyl sites for hydroxylation is 2. The van der Waals surface area contributed by atoms with E-state index in [1.807, 2.05) is 94.5 Å². The van der Waals surface area contributed by atoms with Crippen molar-refractivity contribution in [1.82, 2.24) is 4.90 Å². The average molecular weight is 600 g/mol. The third kappa shape index (κ3) is 4.64. The lowest BCUT2D eigenvalue weighted by Crippen LogP contribution is -2.56. The molecule has 0 aromatic heterocycles. The summed E-state index contributed by atoms with van der Waals surface area (Å²) in [6.45, 7) is 9.18. The number of likely N-dealkylation sites (tertiary alicyclic amines) is 1. The number of amides is 3. The van der Waals surface area contributed by atoms with Gasteiger partial charge in [-0.25, -0.2) is 0 Å². The molecule has 2 aromatic carbocycles. The third-order valence-corrected chi connectivity index (χ3v) is 9.53. The molecule has 6 rings (SSSR count). The monoisotopic (exact) mass is 599 g/mol. The first-order valence-electron chi connectivity index (χ1n) is 15.6. The van der Waals surface area contributed by atoms with E-state index in [1.165, 1.54) is 0 Å². The lowest BCUT2D eigenvalue weighted by atomic mass is 9.74. The molecule has 9 nitrogen and oxygen atoms in total. The number of benzene rings is 2.